The third-order valence-electron chi connectivity index (χ3n) is 18.7. The Hall–Kier alpha value is -6.10. The van der Waals surface area contributed by atoms with Crippen molar-refractivity contribution in [2.45, 2.75) is 169 Å². The summed E-state index contributed by atoms with van der Waals surface area (Å²) in [7, 11) is 0. The fourth-order valence-corrected chi connectivity index (χ4v) is 15.9. The summed E-state index contributed by atoms with van der Waals surface area (Å²) >= 11 is 1.95. The molecule has 4 fully saturated rings. The van der Waals surface area contributed by atoms with Gasteiger partial charge in [0, 0.05) is 54.0 Å². The summed E-state index contributed by atoms with van der Waals surface area (Å²) in [4.78, 5) is 5.38. The van der Waals surface area contributed by atoms with E-state index in [4.69, 9.17) is 0 Å². The van der Waals surface area contributed by atoms with Gasteiger partial charge in [-0.3, -0.25) is 0 Å². The molecule has 0 saturated heterocycles. The maximum atomic E-state index is 2.73. The quantitative estimate of drug-likeness (QED) is 0.150. The summed E-state index contributed by atoms with van der Waals surface area (Å²) in [5.74, 6) is 2.40. The number of nitrogens with zero attached hydrogens (tertiary/aromatic N) is 3. The van der Waals surface area contributed by atoms with Crippen LogP contribution >= 0.6 is 11.3 Å². The van der Waals surface area contributed by atoms with Gasteiger partial charge in [0.2, 0.25) is 0 Å². The smallest absolute Gasteiger partial charge is 0.0765 e. The number of aromatic nitrogens is 1. The SMILES string of the molecule is Cc1cc(C(C)(C)C)ccc1N(c1ccc(C(C)(C)C)cc1)c1cc(C23CC4CC(CC(C4)C2)C3)cc(N(c2ccc(C(C)(C)C)cc2)c2c(C)n(-c3ccc(C(C)(C)C)cc3)c3ccc4c5ccccc5sc4c23)c1C. The predicted molar refractivity (Wildman–Crippen MR) is 334 cm³/mol. The molecule has 0 unspecified atom stereocenters. The van der Waals surface area contributed by atoms with Crippen LogP contribution in [0.1, 0.15) is 166 Å². The van der Waals surface area contributed by atoms with Gasteiger partial charge in [-0.15, -0.1) is 11.3 Å². The van der Waals surface area contributed by atoms with E-state index in [0.717, 1.165) is 17.8 Å². The van der Waals surface area contributed by atoms with E-state index >= 15 is 0 Å². The standard InChI is InChI=1S/C73H83N3S/c1-45-36-54(72(13,14)15)26-34-61(45)75(57-29-22-52(23-30-57)70(7,8)9)63-40-55(73-42-48-37-49(43-73)39-50(38-48)44-73)41-64(46(63)2)76(58-31-24-53(25-32-58)71(10,11)12)67-47(3)74(56-27-20-51(21-28-56)69(4,5)6)62-35-33-60-59-18-16-17-19-65(59)77-68(60)66(62)67/h16-36,40-41,48-50H,37-39,42-44H2,1-15H3. The molecule has 3 nitrogen and oxygen atoms in total. The van der Waals surface area contributed by atoms with E-state index < -0.39 is 0 Å². The number of hydrogen-bond donors (Lipinski definition) is 0. The Morgan fingerprint density at radius 2 is 0.961 bits per heavy atom. The second-order valence-corrected chi connectivity index (χ2v) is 29.4. The van der Waals surface area contributed by atoms with E-state index in [1.54, 1.807) is 0 Å². The first-order valence-corrected chi connectivity index (χ1v) is 29.8. The van der Waals surface area contributed by atoms with Gasteiger partial charge < -0.3 is 14.4 Å². The molecular formula is C73H83N3S. The number of fused-ring (bicyclic) bond motifs is 5. The molecule has 0 N–H and O–H groups in total. The molecule has 0 atom stereocenters. The first-order chi connectivity index (χ1) is 36.4. The van der Waals surface area contributed by atoms with Crippen LogP contribution in [-0.2, 0) is 27.1 Å². The highest BCUT2D eigenvalue weighted by Gasteiger charge is 2.52. The Labute approximate surface area is 465 Å². The highest BCUT2D eigenvalue weighted by molar-refractivity contribution is 7.26. The molecule has 9 aromatic rings. The molecule has 2 heterocycles. The van der Waals surface area contributed by atoms with E-state index in [2.05, 4.69) is 258 Å². The number of rotatable bonds is 8. The van der Waals surface area contributed by atoms with Gasteiger partial charge in [-0.1, -0.05) is 156 Å². The minimum Gasteiger partial charge on any atom is -0.312 e. The van der Waals surface area contributed by atoms with Crippen LogP contribution in [0, 0.1) is 38.5 Å². The number of aryl methyl sites for hydroxylation is 1. The van der Waals surface area contributed by atoms with Crippen molar-refractivity contribution < 1.29 is 0 Å². The maximum Gasteiger partial charge on any atom is 0.0765 e. The zero-order valence-electron chi connectivity index (χ0n) is 49.0. The molecule has 2 aromatic heterocycles. The van der Waals surface area contributed by atoms with Gasteiger partial charge in [0.15, 0.2) is 0 Å². The minimum absolute atomic E-state index is 0.00269. The monoisotopic (exact) mass is 1030 g/mol. The lowest BCUT2D eigenvalue weighted by Gasteiger charge is -2.57. The molecule has 396 valence electrons. The zero-order chi connectivity index (χ0) is 54.3. The molecule has 0 spiro atoms. The summed E-state index contributed by atoms with van der Waals surface area (Å²) in [6, 6.07) is 55.2. The van der Waals surface area contributed by atoms with Crippen molar-refractivity contribution in [1.82, 2.24) is 4.57 Å². The van der Waals surface area contributed by atoms with E-state index in [0.29, 0.717) is 0 Å². The van der Waals surface area contributed by atoms with Crippen molar-refractivity contribution in [3.8, 4) is 5.69 Å². The Bertz CT molecular complexity index is 3690. The molecule has 4 aliphatic carbocycles. The van der Waals surface area contributed by atoms with E-state index in [1.165, 1.54) is 154 Å². The molecule has 7 aromatic carbocycles. The number of anilines is 6. The lowest BCUT2D eigenvalue weighted by Crippen LogP contribution is -2.48. The van der Waals surface area contributed by atoms with Crippen LogP contribution in [0.3, 0.4) is 0 Å². The second-order valence-electron chi connectivity index (χ2n) is 28.4. The number of thiophene rings is 1. The van der Waals surface area contributed by atoms with Crippen LogP contribution in [0.5, 0.6) is 0 Å². The Morgan fingerprint density at radius 3 is 1.48 bits per heavy atom. The molecule has 0 radical (unpaired) electrons. The van der Waals surface area contributed by atoms with Crippen molar-refractivity contribution in [3.05, 3.63) is 184 Å². The van der Waals surface area contributed by atoms with Gasteiger partial charge in [0.1, 0.15) is 0 Å². The van der Waals surface area contributed by atoms with Crippen molar-refractivity contribution >= 4 is 76.5 Å². The van der Waals surface area contributed by atoms with Crippen LogP contribution in [-0.4, -0.2) is 4.57 Å². The molecule has 4 bridgehead atoms. The van der Waals surface area contributed by atoms with Crippen LogP contribution < -0.4 is 9.80 Å². The summed E-state index contributed by atoms with van der Waals surface area (Å²) in [5.41, 5.74) is 20.8. The van der Waals surface area contributed by atoms with Crippen molar-refractivity contribution in [1.29, 1.82) is 0 Å². The molecule has 4 saturated carbocycles. The zero-order valence-corrected chi connectivity index (χ0v) is 49.8. The number of hydrogen-bond acceptors (Lipinski definition) is 3. The van der Waals surface area contributed by atoms with Crippen molar-refractivity contribution in [2.75, 3.05) is 9.80 Å². The average molecular weight is 1030 g/mol. The molecule has 4 heteroatoms. The van der Waals surface area contributed by atoms with Gasteiger partial charge in [0.05, 0.1) is 22.6 Å². The van der Waals surface area contributed by atoms with Crippen LogP contribution in [0.25, 0.3) is 36.8 Å². The van der Waals surface area contributed by atoms with Crippen LogP contribution in [0.2, 0.25) is 0 Å². The fourth-order valence-electron chi connectivity index (χ4n) is 14.7. The first kappa shape index (κ1) is 51.6. The summed E-state index contributed by atoms with van der Waals surface area (Å²) in [6.07, 6.45) is 8.07. The van der Waals surface area contributed by atoms with E-state index in [9.17, 15) is 0 Å². The summed E-state index contributed by atoms with van der Waals surface area (Å²) < 4.78 is 5.23. The molecule has 13 rings (SSSR count). The third kappa shape index (κ3) is 8.94. The third-order valence-corrected chi connectivity index (χ3v) is 19.9. The lowest BCUT2D eigenvalue weighted by atomic mass is 9.48. The fraction of sp³-hybridized carbons (Fsp3) is 0.397. The highest BCUT2D eigenvalue weighted by Crippen LogP contribution is 2.62. The topological polar surface area (TPSA) is 11.4 Å². The Morgan fingerprint density at radius 1 is 0.481 bits per heavy atom. The highest BCUT2D eigenvalue weighted by atomic mass is 32.1. The molecule has 77 heavy (non-hydrogen) atoms. The van der Waals surface area contributed by atoms with E-state index in [1.807, 2.05) is 11.3 Å². The predicted octanol–water partition coefficient (Wildman–Crippen LogP) is 21.5. The molecule has 4 aliphatic rings. The van der Waals surface area contributed by atoms with Gasteiger partial charge >= 0.3 is 0 Å². The Kier molecular flexibility index (Phi) is 12.2. The van der Waals surface area contributed by atoms with Gasteiger partial charge in [-0.05, 0) is 210 Å². The summed E-state index contributed by atoms with van der Waals surface area (Å²) in [5, 5.41) is 3.96. The van der Waals surface area contributed by atoms with Gasteiger partial charge in [-0.2, -0.15) is 0 Å². The average Bonchev–Trinajstić information content (AvgIpc) is 4.11. The lowest BCUT2D eigenvalue weighted by molar-refractivity contribution is -0.00515. The molecule has 0 amide bonds. The normalized spacial score (nSPS) is 19.8. The van der Waals surface area contributed by atoms with Gasteiger partial charge in [-0.25, -0.2) is 0 Å². The molecule has 0 aliphatic heterocycles. The number of benzene rings is 7. The van der Waals surface area contributed by atoms with Crippen LogP contribution in [0.4, 0.5) is 34.1 Å². The first-order valence-electron chi connectivity index (χ1n) is 29.0. The van der Waals surface area contributed by atoms with Crippen molar-refractivity contribution in [3.63, 3.8) is 0 Å². The second kappa shape index (κ2) is 18.2. The minimum atomic E-state index is 0.00269. The maximum absolute atomic E-state index is 2.73. The summed E-state index contributed by atoms with van der Waals surface area (Å²) in [6.45, 7) is 35.1. The van der Waals surface area contributed by atoms with Crippen LogP contribution in [0.15, 0.2) is 140 Å². The molecular weight excluding hydrogens is 951 g/mol. The van der Waals surface area contributed by atoms with Gasteiger partial charge in [0.25, 0.3) is 0 Å². The Balaban J connectivity index is 1.21. The van der Waals surface area contributed by atoms with Crippen molar-refractivity contribution in [2.24, 2.45) is 17.8 Å². The largest absolute Gasteiger partial charge is 0.312 e. The van der Waals surface area contributed by atoms with E-state index in [-0.39, 0.29) is 27.1 Å².